The lowest BCUT2D eigenvalue weighted by atomic mass is 10.1. The largest absolute Gasteiger partial charge is 0.495 e. The van der Waals surface area contributed by atoms with Crippen molar-refractivity contribution in [3.05, 3.63) is 56.2 Å². The van der Waals surface area contributed by atoms with Crippen molar-refractivity contribution >= 4 is 44.8 Å². The minimum Gasteiger partial charge on any atom is -0.495 e. The van der Waals surface area contributed by atoms with Crippen molar-refractivity contribution in [2.24, 2.45) is 0 Å². The van der Waals surface area contributed by atoms with Gasteiger partial charge in [0.05, 0.1) is 23.9 Å². The Bertz CT molecular complexity index is 666. The Kier molecular flexibility index (Phi) is 5.36. The maximum Gasteiger partial charge on any atom is 0.142 e. The summed E-state index contributed by atoms with van der Waals surface area (Å²) in [7, 11) is 1.59. The van der Waals surface area contributed by atoms with Crippen LogP contribution in [0.1, 0.15) is 18.5 Å². The number of nitrogens with one attached hydrogen (secondary N) is 1. The van der Waals surface area contributed by atoms with Crippen LogP contribution in [0.4, 0.5) is 10.1 Å². The van der Waals surface area contributed by atoms with Gasteiger partial charge in [-0.1, -0.05) is 39.1 Å². The second-order valence-electron chi connectivity index (χ2n) is 4.50. The fourth-order valence-electron chi connectivity index (χ4n) is 1.97. The van der Waals surface area contributed by atoms with Gasteiger partial charge in [-0.3, -0.25) is 0 Å². The minimum atomic E-state index is -0.495. The van der Waals surface area contributed by atoms with E-state index in [0.29, 0.717) is 16.3 Å². The molecule has 2 aromatic rings. The molecule has 2 rings (SSSR count). The number of hydrogen-bond donors (Lipinski definition) is 1. The number of rotatable bonds is 4. The third-order valence-corrected chi connectivity index (χ3v) is 4.15. The predicted octanol–water partition coefficient (Wildman–Crippen LogP) is 6.08. The first-order valence-corrected chi connectivity index (χ1v) is 7.71. The average Bonchev–Trinajstić information content (AvgIpc) is 2.43. The van der Waals surface area contributed by atoms with Crippen molar-refractivity contribution in [2.45, 2.75) is 13.0 Å². The molecule has 0 aliphatic carbocycles. The number of methoxy groups -OCH3 is 1. The molecule has 1 N–H and O–H groups in total. The first-order valence-electron chi connectivity index (χ1n) is 6.17. The van der Waals surface area contributed by atoms with Gasteiger partial charge in [0, 0.05) is 9.50 Å². The van der Waals surface area contributed by atoms with Crippen molar-refractivity contribution in [3.63, 3.8) is 0 Å². The highest BCUT2D eigenvalue weighted by Crippen LogP contribution is 2.34. The van der Waals surface area contributed by atoms with Crippen LogP contribution < -0.4 is 10.1 Å². The zero-order valence-electron chi connectivity index (χ0n) is 11.4. The van der Waals surface area contributed by atoms with E-state index in [-0.39, 0.29) is 11.1 Å². The van der Waals surface area contributed by atoms with Crippen molar-refractivity contribution < 1.29 is 9.13 Å². The fourth-order valence-corrected chi connectivity index (χ4v) is 2.88. The number of halogens is 4. The molecule has 1 atom stereocenters. The molecular formula is C15H13BrCl2FNO. The van der Waals surface area contributed by atoms with Crippen LogP contribution in [0.5, 0.6) is 5.75 Å². The van der Waals surface area contributed by atoms with E-state index in [0.717, 1.165) is 10.2 Å². The van der Waals surface area contributed by atoms with E-state index in [1.54, 1.807) is 7.11 Å². The number of benzene rings is 2. The molecule has 6 heteroatoms. The third-order valence-electron chi connectivity index (χ3n) is 3.04. The van der Waals surface area contributed by atoms with Crippen molar-refractivity contribution in [1.82, 2.24) is 0 Å². The van der Waals surface area contributed by atoms with Crippen molar-refractivity contribution in [3.8, 4) is 5.75 Å². The molecule has 0 amide bonds. The van der Waals surface area contributed by atoms with Gasteiger partial charge < -0.3 is 10.1 Å². The van der Waals surface area contributed by atoms with Gasteiger partial charge in [-0.15, -0.1) is 0 Å². The molecule has 2 nitrogen and oxygen atoms in total. The lowest BCUT2D eigenvalue weighted by molar-refractivity contribution is 0.416. The van der Waals surface area contributed by atoms with Gasteiger partial charge >= 0.3 is 0 Å². The Balaban J connectivity index is 2.32. The maximum atomic E-state index is 13.6. The summed E-state index contributed by atoms with van der Waals surface area (Å²) in [6.45, 7) is 1.88. The normalized spacial score (nSPS) is 12.1. The second-order valence-corrected chi connectivity index (χ2v) is 6.23. The molecule has 2 aromatic carbocycles. The molecular weight excluding hydrogens is 380 g/mol. The molecule has 0 spiro atoms. The zero-order valence-corrected chi connectivity index (χ0v) is 14.5. The van der Waals surface area contributed by atoms with Crippen LogP contribution in [0, 0.1) is 5.82 Å². The molecule has 21 heavy (non-hydrogen) atoms. The SMILES string of the molecule is COc1ccc(Br)cc1NC(C)c1cc(F)c(Cl)cc1Cl. The van der Waals surface area contributed by atoms with Gasteiger partial charge in [0.25, 0.3) is 0 Å². The highest BCUT2D eigenvalue weighted by Gasteiger charge is 2.15. The van der Waals surface area contributed by atoms with Gasteiger partial charge in [0.1, 0.15) is 11.6 Å². The molecule has 0 aromatic heterocycles. The summed E-state index contributed by atoms with van der Waals surface area (Å²) >= 11 is 15.3. The lowest BCUT2D eigenvalue weighted by Crippen LogP contribution is -2.09. The molecule has 0 fully saturated rings. The number of anilines is 1. The van der Waals surface area contributed by atoms with Crippen LogP contribution in [0.25, 0.3) is 0 Å². The van der Waals surface area contributed by atoms with E-state index in [4.69, 9.17) is 27.9 Å². The predicted molar refractivity (Wildman–Crippen MR) is 89.2 cm³/mol. The molecule has 0 saturated heterocycles. The molecule has 0 aliphatic heterocycles. The van der Waals surface area contributed by atoms with Crippen LogP contribution in [-0.4, -0.2) is 7.11 Å². The van der Waals surface area contributed by atoms with Crippen LogP contribution in [-0.2, 0) is 0 Å². The summed E-state index contributed by atoms with van der Waals surface area (Å²) in [5, 5.41) is 3.68. The van der Waals surface area contributed by atoms with E-state index < -0.39 is 5.82 Å². The molecule has 0 radical (unpaired) electrons. The molecule has 112 valence electrons. The van der Waals surface area contributed by atoms with Crippen LogP contribution in [0.2, 0.25) is 10.0 Å². The Morgan fingerprint density at radius 1 is 1.19 bits per heavy atom. The monoisotopic (exact) mass is 391 g/mol. The smallest absolute Gasteiger partial charge is 0.142 e. The molecule has 1 unspecified atom stereocenters. The van der Waals surface area contributed by atoms with Gasteiger partial charge in [-0.05, 0) is 42.8 Å². The van der Waals surface area contributed by atoms with Crippen LogP contribution >= 0.6 is 39.1 Å². The van der Waals surface area contributed by atoms with E-state index in [1.165, 1.54) is 12.1 Å². The third kappa shape index (κ3) is 3.82. The Morgan fingerprint density at radius 3 is 2.57 bits per heavy atom. The molecule has 0 heterocycles. The van der Waals surface area contributed by atoms with E-state index >= 15 is 0 Å². The second kappa shape index (κ2) is 6.86. The van der Waals surface area contributed by atoms with Gasteiger partial charge in [-0.25, -0.2) is 4.39 Å². The number of ether oxygens (including phenoxy) is 1. The van der Waals surface area contributed by atoms with Crippen LogP contribution in [0.15, 0.2) is 34.8 Å². The minimum absolute atomic E-state index is 0.0102. The molecule has 0 aliphatic rings. The number of hydrogen-bond acceptors (Lipinski definition) is 2. The van der Waals surface area contributed by atoms with Crippen molar-refractivity contribution in [1.29, 1.82) is 0 Å². The quantitative estimate of drug-likeness (QED) is 0.637. The van der Waals surface area contributed by atoms with Gasteiger partial charge in [-0.2, -0.15) is 0 Å². The first kappa shape index (κ1) is 16.4. The fraction of sp³-hybridized carbons (Fsp3) is 0.200. The zero-order chi connectivity index (χ0) is 15.6. The Morgan fingerprint density at radius 2 is 1.90 bits per heavy atom. The highest BCUT2D eigenvalue weighted by atomic mass is 79.9. The lowest BCUT2D eigenvalue weighted by Gasteiger charge is -2.19. The summed E-state index contributed by atoms with van der Waals surface area (Å²) in [5.41, 5.74) is 1.41. The van der Waals surface area contributed by atoms with E-state index in [9.17, 15) is 4.39 Å². The summed E-state index contributed by atoms with van der Waals surface area (Å²) in [6.07, 6.45) is 0. The first-order chi connectivity index (χ1) is 9.92. The summed E-state index contributed by atoms with van der Waals surface area (Å²) in [4.78, 5) is 0. The Labute approximate surface area is 141 Å². The maximum absolute atomic E-state index is 13.6. The summed E-state index contributed by atoms with van der Waals surface area (Å²) < 4.78 is 19.8. The molecule has 0 saturated carbocycles. The van der Waals surface area contributed by atoms with Gasteiger partial charge in [0.2, 0.25) is 0 Å². The Hall–Kier alpha value is -0.970. The summed E-state index contributed by atoms with van der Waals surface area (Å²) in [6, 6.07) is 8.13. The highest BCUT2D eigenvalue weighted by molar-refractivity contribution is 9.10. The molecule has 0 bridgehead atoms. The van der Waals surface area contributed by atoms with E-state index in [2.05, 4.69) is 21.2 Å². The average molecular weight is 393 g/mol. The van der Waals surface area contributed by atoms with Gasteiger partial charge in [0.15, 0.2) is 0 Å². The standard InChI is InChI=1S/C15H13BrCl2FNO/c1-8(10-6-13(19)12(18)7-11(10)17)20-14-5-9(16)3-4-15(14)21-2/h3-8,20H,1-2H3. The van der Waals surface area contributed by atoms with Crippen LogP contribution in [0.3, 0.4) is 0 Å². The van der Waals surface area contributed by atoms with E-state index in [1.807, 2.05) is 25.1 Å². The summed E-state index contributed by atoms with van der Waals surface area (Å²) in [5.74, 6) is 0.196. The van der Waals surface area contributed by atoms with Crippen molar-refractivity contribution in [2.75, 3.05) is 12.4 Å². The topological polar surface area (TPSA) is 21.3 Å².